The average molecular weight is 525 g/mol. The molecule has 2 heterocycles. The number of hydrogen-bond acceptors (Lipinski definition) is 6. The van der Waals surface area contributed by atoms with Crippen LogP contribution in [0.1, 0.15) is 38.2 Å². The molecule has 0 spiro atoms. The van der Waals surface area contributed by atoms with E-state index >= 15 is 0 Å². The Bertz CT molecular complexity index is 958. The Morgan fingerprint density at radius 3 is 2.47 bits per heavy atom. The number of halogens is 1. The third-order valence-corrected chi connectivity index (χ3v) is 4.23. The van der Waals surface area contributed by atoms with Gasteiger partial charge in [0.1, 0.15) is 17.3 Å². The van der Waals surface area contributed by atoms with Crippen LogP contribution in [-0.2, 0) is 18.5 Å². The van der Waals surface area contributed by atoms with Crippen LogP contribution in [0.4, 0.5) is 0 Å². The van der Waals surface area contributed by atoms with E-state index in [0.717, 1.165) is 17.1 Å². The number of methoxy groups -OCH3 is 1. The van der Waals surface area contributed by atoms with Crippen molar-refractivity contribution in [2.75, 3.05) is 14.2 Å². The molecule has 0 saturated heterocycles. The fourth-order valence-corrected chi connectivity index (χ4v) is 2.53. The first-order chi connectivity index (χ1) is 13.9. The average Bonchev–Trinajstić information content (AvgIpc) is 3.38. The van der Waals surface area contributed by atoms with Crippen LogP contribution in [0.3, 0.4) is 0 Å². The summed E-state index contributed by atoms with van der Waals surface area (Å²) in [5, 5.41) is 13.6. The molecule has 162 valence electrons. The maximum absolute atomic E-state index is 5.78. The minimum atomic E-state index is -0.0704. The summed E-state index contributed by atoms with van der Waals surface area (Å²) in [7, 11) is 3.34. The largest absolute Gasteiger partial charge is 0.497 e. The molecule has 10 heteroatoms. The number of aromatic nitrogens is 4. The number of oxazole rings is 1. The van der Waals surface area contributed by atoms with Crippen LogP contribution >= 0.6 is 24.0 Å². The number of aromatic amines is 1. The highest BCUT2D eigenvalue weighted by Crippen LogP contribution is 2.22. The molecule has 0 aliphatic rings. The highest BCUT2D eigenvalue weighted by atomic mass is 127. The molecule has 0 aliphatic carbocycles. The monoisotopic (exact) mass is 525 g/mol. The van der Waals surface area contributed by atoms with Crippen LogP contribution in [0.25, 0.3) is 11.4 Å². The quantitative estimate of drug-likeness (QED) is 0.257. The molecule has 2 aromatic heterocycles. The molecule has 1 aromatic carbocycles. The van der Waals surface area contributed by atoms with Crippen LogP contribution in [-0.4, -0.2) is 40.3 Å². The molecule has 3 rings (SSSR count). The standard InChI is InChI=1S/C20H27N7O2.HI/c1-20(2,3)15-10-22-17(29-15)12-24-19(21-4)23-11-16-25-18(27-26-16)13-6-8-14(28-5)9-7-13;/h6-10H,11-12H2,1-5H3,(H2,21,23,24)(H,25,26,27);1H. The zero-order valence-electron chi connectivity index (χ0n) is 17.8. The third kappa shape index (κ3) is 6.18. The van der Waals surface area contributed by atoms with Gasteiger partial charge in [-0.3, -0.25) is 10.1 Å². The minimum absolute atomic E-state index is 0. The van der Waals surface area contributed by atoms with Gasteiger partial charge in [0, 0.05) is 18.0 Å². The van der Waals surface area contributed by atoms with Gasteiger partial charge in [0.2, 0.25) is 5.89 Å². The topological polar surface area (TPSA) is 113 Å². The molecule has 0 amide bonds. The molecule has 3 aromatic rings. The predicted octanol–water partition coefficient (Wildman–Crippen LogP) is 3.25. The van der Waals surface area contributed by atoms with Gasteiger partial charge in [-0.05, 0) is 24.3 Å². The van der Waals surface area contributed by atoms with Gasteiger partial charge in [0.25, 0.3) is 0 Å². The molecule has 9 nitrogen and oxygen atoms in total. The maximum atomic E-state index is 5.78. The SMILES string of the molecule is CN=C(NCc1nc(-c2ccc(OC)cc2)n[nH]1)NCc1ncc(C(C)(C)C)o1.I. The molecule has 3 N–H and O–H groups in total. The smallest absolute Gasteiger partial charge is 0.213 e. The number of guanidine groups is 1. The lowest BCUT2D eigenvalue weighted by Gasteiger charge is -2.13. The summed E-state index contributed by atoms with van der Waals surface area (Å²) in [4.78, 5) is 13.0. The van der Waals surface area contributed by atoms with Crippen molar-refractivity contribution >= 4 is 29.9 Å². The van der Waals surface area contributed by atoms with E-state index < -0.39 is 0 Å². The second-order valence-corrected chi connectivity index (χ2v) is 7.48. The van der Waals surface area contributed by atoms with E-state index in [1.807, 2.05) is 24.3 Å². The summed E-state index contributed by atoms with van der Waals surface area (Å²) in [5.41, 5.74) is 0.841. The molecule has 0 bridgehead atoms. The van der Waals surface area contributed by atoms with Crippen molar-refractivity contribution in [2.24, 2.45) is 4.99 Å². The number of aliphatic imine (C=N–C) groups is 1. The number of nitrogens with zero attached hydrogens (tertiary/aromatic N) is 4. The molecular formula is C20H28IN7O2. The normalized spacial score (nSPS) is 11.7. The van der Waals surface area contributed by atoms with Gasteiger partial charge < -0.3 is 19.8 Å². The number of rotatable bonds is 6. The Balaban J connectivity index is 0.00000320. The summed E-state index contributed by atoms with van der Waals surface area (Å²) < 4.78 is 11.0. The summed E-state index contributed by atoms with van der Waals surface area (Å²) in [6.07, 6.45) is 1.77. The molecule has 30 heavy (non-hydrogen) atoms. The second kappa shape index (κ2) is 10.4. The Morgan fingerprint density at radius 1 is 1.17 bits per heavy atom. The fourth-order valence-electron chi connectivity index (χ4n) is 2.53. The Morgan fingerprint density at radius 2 is 1.87 bits per heavy atom. The van der Waals surface area contributed by atoms with Gasteiger partial charge in [-0.15, -0.1) is 24.0 Å². The summed E-state index contributed by atoms with van der Waals surface area (Å²) in [6, 6.07) is 7.59. The molecular weight excluding hydrogens is 497 g/mol. The van der Waals surface area contributed by atoms with Gasteiger partial charge >= 0.3 is 0 Å². The van der Waals surface area contributed by atoms with Gasteiger partial charge in [0.15, 0.2) is 11.8 Å². The van der Waals surface area contributed by atoms with Crippen LogP contribution in [0, 0.1) is 0 Å². The lowest BCUT2D eigenvalue weighted by molar-refractivity contribution is 0.379. The van der Waals surface area contributed by atoms with E-state index in [1.165, 1.54) is 0 Å². The molecule has 0 saturated carbocycles. The van der Waals surface area contributed by atoms with Crippen LogP contribution in [0.15, 0.2) is 39.9 Å². The van der Waals surface area contributed by atoms with Crippen molar-refractivity contribution in [3.63, 3.8) is 0 Å². The predicted molar refractivity (Wildman–Crippen MR) is 126 cm³/mol. The summed E-state index contributed by atoms with van der Waals surface area (Å²) in [6.45, 7) is 7.14. The third-order valence-electron chi connectivity index (χ3n) is 4.23. The van der Waals surface area contributed by atoms with Crippen molar-refractivity contribution in [1.82, 2.24) is 30.8 Å². The molecule has 0 atom stereocenters. The zero-order chi connectivity index (χ0) is 20.9. The lowest BCUT2D eigenvalue weighted by atomic mass is 9.94. The molecule has 0 unspecified atom stereocenters. The van der Waals surface area contributed by atoms with Crippen molar-refractivity contribution in [3.8, 4) is 17.1 Å². The second-order valence-electron chi connectivity index (χ2n) is 7.48. The minimum Gasteiger partial charge on any atom is -0.497 e. The van der Waals surface area contributed by atoms with Crippen LogP contribution in [0.2, 0.25) is 0 Å². The van der Waals surface area contributed by atoms with Crippen molar-refractivity contribution in [2.45, 2.75) is 39.3 Å². The lowest BCUT2D eigenvalue weighted by Crippen LogP contribution is -2.36. The van der Waals surface area contributed by atoms with Crippen molar-refractivity contribution < 1.29 is 9.15 Å². The number of benzene rings is 1. The van der Waals surface area contributed by atoms with Crippen LogP contribution in [0.5, 0.6) is 5.75 Å². The highest BCUT2D eigenvalue weighted by Gasteiger charge is 2.19. The first kappa shape index (κ1) is 23.6. The van der Waals surface area contributed by atoms with Gasteiger partial charge in [-0.2, -0.15) is 5.10 Å². The number of ether oxygens (including phenoxy) is 1. The summed E-state index contributed by atoms with van der Waals surface area (Å²) in [5.74, 6) is 4.20. The number of nitrogens with one attached hydrogen (secondary N) is 3. The first-order valence-corrected chi connectivity index (χ1v) is 9.34. The Kier molecular flexibility index (Phi) is 8.21. The molecule has 0 radical (unpaired) electrons. The van der Waals surface area contributed by atoms with E-state index in [4.69, 9.17) is 9.15 Å². The van der Waals surface area contributed by atoms with E-state index in [0.29, 0.717) is 36.6 Å². The van der Waals surface area contributed by atoms with Gasteiger partial charge in [-0.1, -0.05) is 20.8 Å². The van der Waals surface area contributed by atoms with E-state index in [-0.39, 0.29) is 29.4 Å². The summed E-state index contributed by atoms with van der Waals surface area (Å²) >= 11 is 0. The fraction of sp³-hybridized carbons (Fsp3) is 0.400. The zero-order valence-corrected chi connectivity index (χ0v) is 20.1. The Hall–Kier alpha value is -2.63. The highest BCUT2D eigenvalue weighted by molar-refractivity contribution is 14.0. The van der Waals surface area contributed by atoms with Gasteiger partial charge in [-0.25, -0.2) is 9.97 Å². The van der Waals surface area contributed by atoms with Gasteiger partial charge in [0.05, 0.1) is 26.4 Å². The van der Waals surface area contributed by atoms with Crippen molar-refractivity contribution in [3.05, 3.63) is 47.9 Å². The van der Waals surface area contributed by atoms with E-state index in [9.17, 15) is 0 Å². The maximum Gasteiger partial charge on any atom is 0.213 e. The van der Waals surface area contributed by atoms with Crippen LogP contribution < -0.4 is 15.4 Å². The molecule has 0 aliphatic heterocycles. The number of hydrogen-bond donors (Lipinski definition) is 3. The number of H-pyrrole nitrogens is 1. The van der Waals surface area contributed by atoms with E-state index in [1.54, 1.807) is 20.4 Å². The molecule has 0 fully saturated rings. The first-order valence-electron chi connectivity index (χ1n) is 9.34. The van der Waals surface area contributed by atoms with E-state index in [2.05, 4.69) is 56.6 Å². The van der Waals surface area contributed by atoms with Crippen molar-refractivity contribution in [1.29, 1.82) is 0 Å². The Labute approximate surface area is 193 Å².